The minimum absolute atomic E-state index is 0.0506. The number of Topliss-reactive ketones (excluding diaryl/α,β-unsaturated/α-hetero) is 1. The summed E-state index contributed by atoms with van der Waals surface area (Å²) in [7, 11) is 1.86. The van der Waals surface area contributed by atoms with E-state index in [0.717, 1.165) is 17.5 Å². The summed E-state index contributed by atoms with van der Waals surface area (Å²) in [5.74, 6) is -0.512. The number of carbonyl (C=O) groups is 3. The highest BCUT2D eigenvalue weighted by atomic mass is 16.5. The van der Waals surface area contributed by atoms with Crippen LogP contribution in [0.4, 0.5) is 0 Å². The van der Waals surface area contributed by atoms with Gasteiger partial charge >= 0.3 is 0 Å². The van der Waals surface area contributed by atoms with E-state index in [1.54, 1.807) is 13.8 Å². The zero-order valence-corrected chi connectivity index (χ0v) is 22.1. The Morgan fingerprint density at radius 1 is 1.08 bits per heavy atom. The lowest BCUT2D eigenvalue weighted by molar-refractivity contribution is -0.141. The zero-order chi connectivity index (χ0) is 26.6. The Morgan fingerprint density at radius 2 is 1.70 bits per heavy atom. The summed E-state index contributed by atoms with van der Waals surface area (Å²) in [6, 6.07) is 18.9. The molecule has 2 aliphatic rings. The highest BCUT2D eigenvalue weighted by molar-refractivity contribution is 5.94. The van der Waals surface area contributed by atoms with Crippen molar-refractivity contribution in [1.29, 1.82) is 0 Å². The predicted octanol–water partition coefficient (Wildman–Crippen LogP) is 3.11. The summed E-state index contributed by atoms with van der Waals surface area (Å²) in [6.45, 7) is 4.33. The number of nitrogens with zero attached hydrogens (tertiary/aromatic N) is 1. The first-order valence-corrected chi connectivity index (χ1v) is 13.1. The van der Waals surface area contributed by atoms with Gasteiger partial charge in [0.05, 0.1) is 24.2 Å². The van der Waals surface area contributed by atoms with E-state index in [1.807, 2.05) is 72.6 Å². The second kappa shape index (κ2) is 11.2. The fraction of sp³-hybridized carbons (Fsp3) is 0.500. The van der Waals surface area contributed by atoms with Gasteiger partial charge in [-0.15, -0.1) is 0 Å². The number of nitrogens with one attached hydrogen (secondary N) is 1. The molecule has 198 valence electrons. The number of amides is 2. The van der Waals surface area contributed by atoms with Crippen LogP contribution in [0.2, 0.25) is 0 Å². The van der Waals surface area contributed by atoms with Gasteiger partial charge in [-0.3, -0.25) is 14.4 Å². The summed E-state index contributed by atoms with van der Waals surface area (Å²) in [5, 5.41) is 2.85. The van der Waals surface area contributed by atoms with Gasteiger partial charge in [-0.2, -0.15) is 0 Å². The molecule has 2 fully saturated rings. The maximum absolute atomic E-state index is 13.9. The van der Waals surface area contributed by atoms with Gasteiger partial charge in [0.2, 0.25) is 11.8 Å². The molecule has 4 rings (SSSR count). The average Bonchev–Trinajstić information content (AvgIpc) is 3.12. The fourth-order valence-corrected chi connectivity index (χ4v) is 5.90. The van der Waals surface area contributed by atoms with Crippen LogP contribution in [0.25, 0.3) is 0 Å². The summed E-state index contributed by atoms with van der Waals surface area (Å²) in [6.07, 6.45) is 2.58. The summed E-state index contributed by atoms with van der Waals surface area (Å²) in [4.78, 5) is 42.1. The second-order valence-corrected chi connectivity index (χ2v) is 11.3. The van der Waals surface area contributed by atoms with Gasteiger partial charge in [0.25, 0.3) is 0 Å². The van der Waals surface area contributed by atoms with Crippen molar-refractivity contribution >= 4 is 17.6 Å². The Balaban J connectivity index is 1.53. The molecule has 3 N–H and O–H groups in total. The Bertz CT molecular complexity index is 1100. The number of rotatable bonds is 10. The molecule has 2 amide bonds. The van der Waals surface area contributed by atoms with Crippen molar-refractivity contribution in [3.8, 4) is 0 Å². The Hall–Kier alpha value is -3.03. The Morgan fingerprint density at radius 3 is 2.32 bits per heavy atom. The molecule has 1 aliphatic heterocycles. The first kappa shape index (κ1) is 27.0. The topological polar surface area (TPSA) is 102 Å². The number of hydrogen-bond acceptors (Lipinski definition) is 5. The summed E-state index contributed by atoms with van der Waals surface area (Å²) < 4.78 is 5.90. The molecule has 2 aromatic rings. The highest BCUT2D eigenvalue weighted by Gasteiger charge is 2.56. The Labute approximate surface area is 219 Å². The molecule has 0 bridgehead atoms. The molecule has 37 heavy (non-hydrogen) atoms. The van der Waals surface area contributed by atoms with Crippen LogP contribution in [0.5, 0.6) is 0 Å². The van der Waals surface area contributed by atoms with Crippen molar-refractivity contribution in [2.75, 3.05) is 20.2 Å². The highest BCUT2D eigenvalue weighted by Crippen LogP contribution is 2.51. The third kappa shape index (κ3) is 6.11. The summed E-state index contributed by atoms with van der Waals surface area (Å²) >= 11 is 0. The SMILES string of the molecule is CN1C[C@@H]2CCC(C(=O)[C@@H](COCc3ccccc3)NC(=O)C(C)(C)N)C[C@@]2(Cc2ccccc2)C1=O. The number of nitrogens with two attached hydrogens (primary N) is 1. The number of benzene rings is 2. The molecule has 1 heterocycles. The van der Waals surface area contributed by atoms with E-state index in [9.17, 15) is 14.4 Å². The van der Waals surface area contributed by atoms with Crippen LogP contribution in [-0.2, 0) is 32.1 Å². The number of carbonyl (C=O) groups excluding carboxylic acids is 3. The molecule has 1 saturated heterocycles. The van der Waals surface area contributed by atoms with Crippen LogP contribution >= 0.6 is 0 Å². The van der Waals surface area contributed by atoms with E-state index in [1.165, 1.54) is 0 Å². The number of fused-ring (bicyclic) bond motifs is 1. The third-order valence-corrected chi connectivity index (χ3v) is 7.92. The van der Waals surface area contributed by atoms with Crippen molar-refractivity contribution < 1.29 is 19.1 Å². The molecule has 2 aromatic carbocycles. The van der Waals surface area contributed by atoms with Crippen LogP contribution in [0.3, 0.4) is 0 Å². The molecule has 0 spiro atoms. The monoisotopic (exact) mass is 505 g/mol. The second-order valence-electron chi connectivity index (χ2n) is 11.3. The van der Waals surface area contributed by atoms with Gasteiger partial charge in [-0.1, -0.05) is 60.7 Å². The van der Waals surface area contributed by atoms with Crippen molar-refractivity contribution in [1.82, 2.24) is 10.2 Å². The van der Waals surface area contributed by atoms with Gasteiger partial charge < -0.3 is 20.7 Å². The minimum Gasteiger partial charge on any atom is -0.374 e. The summed E-state index contributed by atoms with van der Waals surface area (Å²) in [5.41, 5.74) is 6.37. The maximum Gasteiger partial charge on any atom is 0.240 e. The van der Waals surface area contributed by atoms with Crippen LogP contribution in [0, 0.1) is 17.3 Å². The molecule has 1 saturated carbocycles. The molecule has 7 heteroatoms. The van der Waals surface area contributed by atoms with Gasteiger partial charge in [-0.05, 0) is 56.6 Å². The number of likely N-dealkylation sites (tertiary alicyclic amines) is 1. The molecule has 7 nitrogen and oxygen atoms in total. The number of ether oxygens (including phenoxy) is 1. The molecular formula is C30H39N3O4. The Kier molecular flexibility index (Phi) is 8.14. The van der Waals surface area contributed by atoms with Gasteiger partial charge in [0.1, 0.15) is 6.04 Å². The zero-order valence-electron chi connectivity index (χ0n) is 22.1. The van der Waals surface area contributed by atoms with Crippen LogP contribution in [0.1, 0.15) is 44.2 Å². The van der Waals surface area contributed by atoms with Crippen LogP contribution < -0.4 is 11.1 Å². The largest absolute Gasteiger partial charge is 0.374 e. The van der Waals surface area contributed by atoms with E-state index in [-0.39, 0.29) is 30.1 Å². The predicted molar refractivity (Wildman–Crippen MR) is 142 cm³/mol. The molecule has 0 radical (unpaired) electrons. The van der Waals surface area contributed by atoms with E-state index < -0.39 is 22.9 Å². The van der Waals surface area contributed by atoms with Crippen LogP contribution in [-0.4, -0.2) is 54.3 Å². The molecule has 4 atom stereocenters. The first-order chi connectivity index (χ1) is 17.6. The van der Waals surface area contributed by atoms with E-state index in [2.05, 4.69) is 5.32 Å². The van der Waals surface area contributed by atoms with Gasteiger partial charge in [0.15, 0.2) is 5.78 Å². The first-order valence-electron chi connectivity index (χ1n) is 13.1. The lowest BCUT2D eigenvalue weighted by Gasteiger charge is -2.41. The van der Waals surface area contributed by atoms with E-state index >= 15 is 0 Å². The van der Waals surface area contributed by atoms with E-state index in [4.69, 9.17) is 10.5 Å². The quantitative estimate of drug-likeness (QED) is 0.517. The smallest absolute Gasteiger partial charge is 0.240 e. The fourth-order valence-electron chi connectivity index (χ4n) is 5.90. The van der Waals surface area contributed by atoms with Crippen LogP contribution in [0.15, 0.2) is 60.7 Å². The average molecular weight is 506 g/mol. The standard InChI is InChI=1S/C30H39N3O4/c1-29(2,31)27(35)32-25(20-37-19-22-12-8-5-9-13-22)26(34)23-14-15-24-18-33(3)28(36)30(24,17-23)16-21-10-6-4-7-11-21/h4-13,23-25H,14-20,31H2,1-3H3,(H,32,35)/t23?,24-,25+,30+/m0/s1. The van der Waals surface area contributed by atoms with Crippen molar-refractivity contribution in [3.63, 3.8) is 0 Å². The van der Waals surface area contributed by atoms with Gasteiger partial charge in [0, 0.05) is 19.5 Å². The normalized spacial score (nSPS) is 24.4. The molecule has 1 aliphatic carbocycles. The van der Waals surface area contributed by atoms with E-state index in [0.29, 0.717) is 32.4 Å². The van der Waals surface area contributed by atoms with Crippen molar-refractivity contribution in [2.24, 2.45) is 23.0 Å². The van der Waals surface area contributed by atoms with Crippen molar-refractivity contribution in [3.05, 3.63) is 71.8 Å². The number of ketones is 1. The molecular weight excluding hydrogens is 466 g/mol. The lowest BCUT2D eigenvalue weighted by atomic mass is 9.60. The van der Waals surface area contributed by atoms with Gasteiger partial charge in [-0.25, -0.2) is 0 Å². The number of hydrogen-bond donors (Lipinski definition) is 2. The minimum atomic E-state index is -1.13. The lowest BCUT2D eigenvalue weighted by Crippen LogP contribution is -2.57. The van der Waals surface area contributed by atoms with Crippen molar-refractivity contribution in [2.45, 2.75) is 57.7 Å². The molecule has 0 aromatic heterocycles. The maximum atomic E-state index is 13.9. The third-order valence-electron chi connectivity index (χ3n) is 7.92. The molecule has 1 unspecified atom stereocenters.